The van der Waals surface area contributed by atoms with Gasteiger partial charge in [0.15, 0.2) is 0 Å². The molecule has 7 atom stereocenters. The third kappa shape index (κ3) is 3.77. The highest BCUT2D eigenvalue weighted by molar-refractivity contribution is 9.09. The molecule has 3 aliphatic rings. The van der Waals surface area contributed by atoms with Crippen LogP contribution in [-0.2, 0) is 23.9 Å². The van der Waals surface area contributed by atoms with Crippen LogP contribution in [0.1, 0.15) is 20.3 Å². The SMILES string of the molecule is C=CCN(C(=O)[C@H]1N([C@H](C)CO)C(=O)[C@@H]2[C@@H](C(=O)OCC)[C@@H]3O[C@@]21CC3Br)c1ccc(Cl)cc1. The fraction of sp³-hybridized carbons (Fsp3) is 0.542. The third-order valence-electron chi connectivity index (χ3n) is 6.97. The standard InChI is InChI=1S/C24H28BrClN2O6/c1-4-10-27(15-8-6-14(26)7-9-15)22(31)20-24-11-16(25)19(34-24)17(23(32)33-5-2)18(24)21(30)28(20)13(3)12-29/h4,6-9,13,16-20,29H,1,5,10-12H2,2-3H3/t13-,16?,17-,18+,19-,20-,24+/m1/s1. The Morgan fingerprint density at radius 2 is 2.12 bits per heavy atom. The quantitative estimate of drug-likeness (QED) is 0.301. The molecule has 2 amide bonds. The second-order valence-corrected chi connectivity index (χ2v) is 10.5. The van der Waals surface area contributed by atoms with Crippen LogP contribution in [0.25, 0.3) is 0 Å². The molecule has 1 spiro atoms. The number of amides is 2. The van der Waals surface area contributed by atoms with Crippen molar-refractivity contribution >= 4 is 51.0 Å². The third-order valence-corrected chi connectivity index (χ3v) is 8.07. The first-order valence-electron chi connectivity index (χ1n) is 11.3. The van der Waals surface area contributed by atoms with Crippen molar-refractivity contribution in [2.45, 2.75) is 48.9 Å². The van der Waals surface area contributed by atoms with Gasteiger partial charge in [-0.15, -0.1) is 6.58 Å². The van der Waals surface area contributed by atoms with E-state index in [0.29, 0.717) is 17.1 Å². The molecular weight excluding hydrogens is 528 g/mol. The van der Waals surface area contributed by atoms with Crippen LogP contribution >= 0.6 is 27.5 Å². The number of hydrogen-bond acceptors (Lipinski definition) is 6. The molecule has 0 aliphatic carbocycles. The van der Waals surface area contributed by atoms with Crippen LogP contribution in [0.15, 0.2) is 36.9 Å². The van der Waals surface area contributed by atoms with E-state index in [9.17, 15) is 19.5 Å². The molecule has 1 aromatic rings. The Hall–Kier alpha value is -1.94. The first-order valence-corrected chi connectivity index (χ1v) is 12.6. The van der Waals surface area contributed by atoms with Crippen LogP contribution in [0, 0.1) is 11.8 Å². The number of fused-ring (bicyclic) bond motifs is 1. The van der Waals surface area contributed by atoms with Gasteiger partial charge in [-0.2, -0.15) is 0 Å². The zero-order valence-corrected chi connectivity index (χ0v) is 21.4. The van der Waals surface area contributed by atoms with Crippen molar-refractivity contribution < 1.29 is 29.0 Å². The van der Waals surface area contributed by atoms with E-state index < -0.39 is 41.6 Å². The Morgan fingerprint density at radius 1 is 1.44 bits per heavy atom. The van der Waals surface area contributed by atoms with Gasteiger partial charge in [0.2, 0.25) is 5.91 Å². The van der Waals surface area contributed by atoms with E-state index in [4.69, 9.17) is 21.1 Å². The number of aliphatic hydroxyl groups excluding tert-OH is 1. The van der Waals surface area contributed by atoms with Crippen LogP contribution in [0.4, 0.5) is 5.69 Å². The smallest absolute Gasteiger partial charge is 0.312 e. The van der Waals surface area contributed by atoms with Gasteiger partial charge in [-0.3, -0.25) is 14.4 Å². The van der Waals surface area contributed by atoms with Gasteiger partial charge in [0, 0.05) is 22.1 Å². The molecule has 0 aromatic heterocycles. The summed E-state index contributed by atoms with van der Waals surface area (Å²) in [4.78, 5) is 43.6. The summed E-state index contributed by atoms with van der Waals surface area (Å²) in [6.45, 7) is 7.18. The number of rotatable bonds is 8. The molecule has 0 saturated carbocycles. The number of benzene rings is 1. The van der Waals surface area contributed by atoms with Gasteiger partial charge in [-0.25, -0.2) is 0 Å². The predicted molar refractivity (Wildman–Crippen MR) is 130 cm³/mol. The van der Waals surface area contributed by atoms with Gasteiger partial charge < -0.3 is 24.4 Å². The Bertz CT molecular complexity index is 990. The van der Waals surface area contributed by atoms with Crippen LogP contribution < -0.4 is 4.90 Å². The Kier molecular flexibility index (Phi) is 7.11. The first-order chi connectivity index (χ1) is 16.2. The molecule has 3 heterocycles. The fourth-order valence-corrected chi connectivity index (χ4v) is 6.71. The zero-order chi connectivity index (χ0) is 24.8. The maximum atomic E-state index is 14.2. The molecule has 8 nitrogen and oxygen atoms in total. The van der Waals surface area contributed by atoms with E-state index in [2.05, 4.69) is 22.5 Å². The summed E-state index contributed by atoms with van der Waals surface area (Å²) < 4.78 is 11.7. The van der Waals surface area contributed by atoms with E-state index >= 15 is 0 Å². The van der Waals surface area contributed by atoms with E-state index in [1.165, 1.54) is 9.80 Å². The molecule has 0 radical (unpaired) electrons. The van der Waals surface area contributed by atoms with Crippen molar-refractivity contribution in [3.63, 3.8) is 0 Å². The number of likely N-dealkylation sites (tertiary alicyclic amines) is 1. The molecule has 10 heteroatoms. The maximum absolute atomic E-state index is 14.2. The number of anilines is 1. The molecule has 34 heavy (non-hydrogen) atoms. The lowest BCUT2D eigenvalue weighted by Gasteiger charge is -2.38. The van der Waals surface area contributed by atoms with Crippen molar-refractivity contribution in [1.29, 1.82) is 0 Å². The monoisotopic (exact) mass is 554 g/mol. The van der Waals surface area contributed by atoms with Gasteiger partial charge in [0.1, 0.15) is 11.6 Å². The number of aliphatic hydroxyl groups is 1. The van der Waals surface area contributed by atoms with Crippen molar-refractivity contribution in [3.05, 3.63) is 41.9 Å². The summed E-state index contributed by atoms with van der Waals surface area (Å²) in [5.41, 5.74) is -0.636. The van der Waals surface area contributed by atoms with Crippen molar-refractivity contribution in [2.24, 2.45) is 11.8 Å². The minimum absolute atomic E-state index is 0.172. The van der Waals surface area contributed by atoms with E-state index in [1.54, 1.807) is 44.2 Å². The highest BCUT2D eigenvalue weighted by Crippen LogP contribution is 2.60. The predicted octanol–water partition coefficient (Wildman–Crippen LogP) is 2.55. The van der Waals surface area contributed by atoms with Crippen molar-refractivity contribution in [1.82, 2.24) is 4.90 Å². The average molecular weight is 556 g/mol. The van der Waals surface area contributed by atoms with Gasteiger partial charge >= 0.3 is 5.97 Å². The Balaban J connectivity index is 1.81. The molecule has 3 fully saturated rings. The summed E-state index contributed by atoms with van der Waals surface area (Å²) in [6.07, 6.45) is 1.38. The van der Waals surface area contributed by atoms with E-state index in [1.807, 2.05) is 0 Å². The lowest BCUT2D eigenvalue weighted by molar-refractivity contribution is -0.155. The second kappa shape index (κ2) is 9.60. The molecule has 4 rings (SSSR count). The second-order valence-electron chi connectivity index (χ2n) is 8.91. The minimum Gasteiger partial charge on any atom is -0.466 e. The van der Waals surface area contributed by atoms with E-state index in [-0.39, 0.29) is 36.4 Å². The number of ether oxygens (including phenoxy) is 2. The first kappa shape index (κ1) is 25.2. The minimum atomic E-state index is -1.22. The van der Waals surface area contributed by atoms with Crippen molar-refractivity contribution in [3.8, 4) is 0 Å². The number of nitrogens with zero attached hydrogens (tertiary/aromatic N) is 2. The summed E-state index contributed by atoms with van der Waals surface area (Å²) >= 11 is 9.65. The van der Waals surface area contributed by atoms with Gasteiger partial charge in [-0.1, -0.05) is 33.6 Å². The number of alkyl halides is 1. The molecule has 3 saturated heterocycles. The molecule has 1 N–H and O–H groups in total. The van der Waals surface area contributed by atoms with Gasteiger partial charge in [-0.05, 0) is 44.5 Å². The average Bonchev–Trinajstić information content (AvgIpc) is 3.41. The van der Waals surface area contributed by atoms with Crippen LogP contribution in [-0.4, -0.2) is 76.2 Å². The van der Waals surface area contributed by atoms with Crippen LogP contribution in [0.2, 0.25) is 5.02 Å². The lowest BCUT2D eigenvalue weighted by Crippen LogP contribution is -2.58. The number of halogens is 2. The van der Waals surface area contributed by atoms with E-state index in [0.717, 1.165) is 0 Å². The molecule has 184 valence electrons. The summed E-state index contributed by atoms with van der Waals surface area (Å²) in [5, 5.41) is 10.5. The molecule has 1 unspecified atom stereocenters. The molecule has 2 bridgehead atoms. The Morgan fingerprint density at radius 3 is 2.71 bits per heavy atom. The largest absolute Gasteiger partial charge is 0.466 e. The molecule has 3 aliphatic heterocycles. The zero-order valence-electron chi connectivity index (χ0n) is 19.0. The summed E-state index contributed by atoms with van der Waals surface area (Å²) in [5.74, 6) is -2.97. The maximum Gasteiger partial charge on any atom is 0.312 e. The highest BCUT2D eigenvalue weighted by atomic mass is 79.9. The van der Waals surface area contributed by atoms with Gasteiger partial charge in [0.05, 0.1) is 37.2 Å². The topological polar surface area (TPSA) is 96.4 Å². The summed E-state index contributed by atoms with van der Waals surface area (Å²) in [6, 6.07) is 5.11. The fourth-order valence-electron chi connectivity index (χ4n) is 5.64. The van der Waals surface area contributed by atoms with Crippen LogP contribution in [0.5, 0.6) is 0 Å². The number of esters is 1. The molecular formula is C24H28BrClN2O6. The highest BCUT2D eigenvalue weighted by Gasteiger charge is 2.77. The summed E-state index contributed by atoms with van der Waals surface area (Å²) in [7, 11) is 0. The van der Waals surface area contributed by atoms with Gasteiger partial charge in [0.25, 0.3) is 5.91 Å². The number of hydrogen-bond donors (Lipinski definition) is 1. The lowest BCUT2D eigenvalue weighted by atomic mass is 9.70. The Labute approximate surface area is 211 Å². The number of carbonyl (C=O) groups excluding carboxylic acids is 3. The van der Waals surface area contributed by atoms with Crippen LogP contribution in [0.3, 0.4) is 0 Å². The van der Waals surface area contributed by atoms with Crippen molar-refractivity contribution in [2.75, 3.05) is 24.7 Å². The normalized spacial score (nSPS) is 32.4. The molecule has 1 aromatic carbocycles. The number of carbonyl (C=O) groups is 3.